The van der Waals surface area contributed by atoms with E-state index >= 15 is 0 Å². The Balaban J connectivity index is 0.000000261. The smallest absolute Gasteiger partial charge is 0.485 e. The van der Waals surface area contributed by atoms with Crippen molar-refractivity contribution in [1.29, 1.82) is 0 Å². The van der Waals surface area contributed by atoms with Gasteiger partial charge in [0, 0.05) is 6.07 Å². The second-order valence-corrected chi connectivity index (χ2v) is 6.47. The lowest BCUT2D eigenvalue weighted by Crippen LogP contribution is -2.34. The van der Waals surface area contributed by atoms with Crippen molar-refractivity contribution in [2.45, 2.75) is 43.5 Å². The molecule has 0 unspecified atom stereocenters. The van der Waals surface area contributed by atoms with Gasteiger partial charge in [-0.15, -0.1) is 4.39 Å². The molecule has 0 N–H and O–H groups in total. The van der Waals surface area contributed by atoms with Crippen LogP contribution in [0.5, 0.6) is 0 Å². The Morgan fingerprint density at radius 3 is 2.18 bits per heavy atom. The summed E-state index contributed by atoms with van der Waals surface area (Å²) < 4.78 is 74.2. The Morgan fingerprint density at radius 2 is 1.73 bits per heavy atom. The average molecular weight is 343 g/mol. The van der Waals surface area contributed by atoms with Gasteiger partial charge >= 0.3 is 11.5 Å². The van der Waals surface area contributed by atoms with Gasteiger partial charge in [-0.05, 0) is 24.8 Å². The SMILES string of the molecule is C[n+]1cccc(C2CCCCC2)c1F.O=S(=O)([O-])C(F)(F)F. The van der Waals surface area contributed by atoms with Gasteiger partial charge in [0.1, 0.15) is 7.05 Å². The Labute approximate surface area is 126 Å². The van der Waals surface area contributed by atoms with E-state index in [0.717, 1.165) is 18.4 Å². The number of aromatic nitrogens is 1. The second kappa shape index (κ2) is 7.36. The summed E-state index contributed by atoms with van der Waals surface area (Å²) in [6, 6.07) is 3.87. The summed E-state index contributed by atoms with van der Waals surface area (Å²) in [4.78, 5) is 0. The average Bonchev–Trinajstić information content (AvgIpc) is 2.41. The fraction of sp³-hybridized carbons (Fsp3) is 0.615. The van der Waals surface area contributed by atoms with Gasteiger partial charge in [0.2, 0.25) is 0 Å². The van der Waals surface area contributed by atoms with E-state index in [2.05, 4.69) is 0 Å². The van der Waals surface area contributed by atoms with Gasteiger partial charge in [0.05, 0.1) is 5.56 Å². The third kappa shape index (κ3) is 5.20. The first-order valence-corrected chi connectivity index (χ1v) is 8.11. The van der Waals surface area contributed by atoms with Crippen molar-refractivity contribution in [3.05, 3.63) is 29.8 Å². The lowest BCUT2D eigenvalue weighted by atomic mass is 9.84. The highest BCUT2D eigenvalue weighted by atomic mass is 32.2. The molecule has 0 aromatic carbocycles. The molecule has 0 amide bonds. The molecule has 22 heavy (non-hydrogen) atoms. The lowest BCUT2D eigenvalue weighted by molar-refractivity contribution is -0.700. The third-order valence-corrected chi connectivity index (χ3v) is 4.03. The van der Waals surface area contributed by atoms with Crippen molar-refractivity contribution >= 4 is 10.1 Å². The molecule has 0 bridgehead atoms. The quantitative estimate of drug-likeness (QED) is 0.259. The topological polar surface area (TPSA) is 61.1 Å². The first-order chi connectivity index (χ1) is 10.0. The van der Waals surface area contributed by atoms with Crippen LogP contribution in [0.3, 0.4) is 0 Å². The van der Waals surface area contributed by atoms with Crippen molar-refractivity contribution in [1.82, 2.24) is 0 Å². The van der Waals surface area contributed by atoms with Gasteiger partial charge in [0.25, 0.3) is 0 Å². The molecule has 1 aromatic rings. The van der Waals surface area contributed by atoms with E-state index in [1.54, 1.807) is 17.8 Å². The molecule has 0 radical (unpaired) electrons. The van der Waals surface area contributed by atoms with E-state index in [9.17, 15) is 17.6 Å². The number of pyridine rings is 1. The molecule has 1 aliphatic rings. The zero-order chi connectivity index (χ0) is 17.0. The summed E-state index contributed by atoms with van der Waals surface area (Å²) in [5.74, 6) is 0.399. The molecule has 4 nitrogen and oxygen atoms in total. The molecule has 1 saturated carbocycles. The van der Waals surface area contributed by atoms with Gasteiger partial charge < -0.3 is 4.55 Å². The highest BCUT2D eigenvalue weighted by molar-refractivity contribution is 7.86. The monoisotopic (exact) mass is 343 g/mol. The molecule has 0 atom stereocenters. The second-order valence-electron chi connectivity index (χ2n) is 5.10. The standard InChI is InChI=1S/C12H17FN.CHF3O3S/c1-14-9-5-8-11(12(14)13)10-6-3-2-4-7-10;2-1(3,4)8(5,6)7/h5,8-10H,2-4,6-7H2,1H3;(H,5,6,7)/q+1;/p-1. The van der Waals surface area contributed by atoms with Gasteiger partial charge in [0.15, 0.2) is 16.3 Å². The number of hydrogen-bond donors (Lipinski definition) is 0. The lowest BCUT2D eigenvalue weighted by Gasteiger charge is -2.20. The van der Waals surface area contributed by atoms with Crippen molar-refractivity contribution < 1.29 is 35.1 Å². The van der Waals surface area contributed by atoms with Crippen LogP contribution in [0.25, 0.3) is 0 Å². The summed E-state index contributed by atoms with van der Waals surface area (Å²) in [5.41, 5.74) is -4.73. The largest absolute Gasteiger partial charge is 0.741 e. The van der Waals surface area contributed by atoms with E-state index in [1.165, 1.54) is 19.3 Å². The predicted molar refractivity (Wildman–Crippen MR) is 69.2 cm³/mol. The number of halogens is 4. The van der Waals surface area contributed by atoms with Crippen molar-refractivity contribution in [2.75, 3.05) is 0 Å². The van der Waals surface area contributed by atoms with Crippen LogP contribution in [0.15, 0.2) is 18.3 Å². The molecule has 1 heterocycles. The third-order valence-electron chi connectivity index (χ3n) is 3.46. The maximum absolute atomic E-state index is 13.7. The first kappa shape index (κ1) is 18.8. The summed E-state index contributed by atoms with van der Waals surface area (Å²) in [6.45, 7) is 0. The fourth-order valence-electron chi connectivity index (χ4n) is 2.33. The normalized spacial score (nSPS) is 16.8. The van der Waals surface area contributed by atoms with Gasteiger partial charge in [-0.1, -0.05) is 19.3 Å². The predicted octanol–water partition coefficient (Wildman–Crippen LogP) is 2.75. The highest BCUT2D eigenvalue weighted by Gasteiger charge is 2.36. The summed E-state index contributed by atoms with van der Waals surface area (Å²) in [7, 11) is -4.32. The fourth-order valence-corrected chi connectivity index (χ4v) is 2.33. The van der Waals surface area contributed by atoms with E-state index in [-0.39, 0.29) is 5.95 Å². The van der Waals surface area contributed by atoms with Crippen LogP contribution < -0.4 is 4.57 Å². The van der Waals surface area contributed by atoms with E-state index in [1.807, 2.05) is 12.1 Å². The molecular formula is C13H17F4NO3S. The number of nitrogens with zero attached hydrogens (tertiary/aromatic N) is 1. The summed E-state index contributed by atoms with van der Waals surface area (Å²) in [5, 5.41) is 0. The van der Waals surface area contributed by atoms with Crippen LogP contribution in [-0.2, 0) is 17.2 Å². The molecule has 1 fully saturated rings. The highest BCUT2D eigenvalue weighted by Crippen LogP contribution is 2.32. The minimum absolute atomic E-state index is 0.0561. The van der Waals surface area contributed by atoms with Gasteiger partial charge in [-0.25, -0.2) is 8.42 Å². The molecule has 2 rings (SSSR count). The van der Waals surface area contributed by atoms with Crippen LogP contribution >= 0.6 is 0 Å². The van der Waals surface area contributed by atoms with Crippen LogP contribution in [0.4, 0.5) is 17.6 Å². The van der Waals surface area contributed by atoms with Crippen LogP contribution in [-0.4, -0.2) is 18.5 Å². The summed E-state index contributed by atoms with van der Waals surface area (Å²) >= 11 is 0. The van der Waals surface area contributed by atoms with E-state index in [4.69, 9.17) is 13.0 Å². The number of alkyl halides is 3. The number of aryl methyl sites for hydroxylation is 1. The molecule has 0 saturated heterocycles. The first-order valence-electron chi connectivity index (χ1n) is 6.70. The van der Waals surface area contributed by atoms with Crippen LogP contribution in [0.1, 0.15) is 43.6 Å². The molecule has 1 aliphatic carbocycles. The van der Waals surface area contributed by atoms with Gasteiger partial charge in [-0.3, -0.25) is 0 Å². The Hall–Kier alpha value is -1.22. The van der Waals surface area contributed by atoms with Gasteiger partial charge in [-0.2, -0.15) is 17.7 Å². The van der Waals surface area contributed by atoms with Crippen molar-refractivity contribution in [2.24, 2.45) is 7.05 Å². The van der Waals surface area contributed by atoms with Crippen molar-refractivity contribution in [3.63, 3.8) is 0 Å². The molecular weight excluding hydrogens is 326 g/mol. The molecule has 126 valence electrons. The molecule has 9 heteroatoms. The van der Waals surface area contributed by atoms with Crippen LogP contribution in [0.2, 0.25) is 0 Å². The Morgan fingerprint density at radius 1 is 1.23 bits per heavy atom. The molecule has 1 aromatic heterocycles. The Kier molecular flexibility index (Phi) is 6.30. The van der Waals surface area contributed by atoms with Crippen LogP contribution in [0, 0.1) is 5.95 Å². The maximum atomic E-state index is 13.7. The molecule has 0 spiro atoms. The maximum Gasteiger partial charge on any atom is 0.485 e. The minimum Gasteiger partial charge on any atom is -0.741 e. The zero-order valence-electron chi connectivity index (χ0n) is 11.9. The van der Waals surface area contributed by atoms with E-state index < -0.39 is 15.6 Å². The Bertz CT molecular complexity index is 596. The zero-order valence-corrected chi connectivity index (χ0v) is 12.8. The molecule has 0 aliphatic heterocycles. The number of hydrogen-bond acceptors (Lipinski definition) is 3. The number of rotatable bonds is 1. The minimum atomic E-state index is -6.09. The summed E-state index contributed by atoms with van der Waals surface area (Å²) in [6.07, 6.45) is 7.89. The van der Waals surface area contributed by atoms with E-state index in [0.29, 0.717) is 5.92 Å². The van der Waals surface area contributed by atoms with Crippen molar-refractivity contribution in [3.8, 4) is 0 Å².